The number of aromatic nitrogens is 7. The normalized spacial score (nSPS) is 19.2. The first-order chi connectivity index (χ1) is 12.8. The van der Waals surface area contributed by atoms with E-state index in [1.807, 2.05) is 9.36 Å². The number of benzene rings is 1. The monoisotopic (exact) mass is 349 g/mol. The molecule has 0 amide bonds. The topological polar surface area (TPSA) is 74.3 Å². The minimum atomic E-state index is 0.0913. The van der Waals surface area contributed by atoms with Gasteiger partial charge < -0.3 is 0 Å². The summed E-state index contributed by atoms with van der Waals surface area (Å²) >= 11 is 0. The Morgan fingerprint density at radius 3 is 2.92 bits per heavy atom. The van der Waals surface area contributed by atoms with E-state index in [-0.39, 0.29) is 5.92 Å². The molecule has 2 aliphatic rings. The highest BCUT2D eigenvalue weighted by Gasteiger charge is 2.29. The number of rotatable bonds is 3. The van der Waals surface area contributed by atoms with E-state index in [1.165, 1.54) is 24.0 Å². The van der Waals surface area contributed by atoms with Gasteiger partial charge in [0.05, 0.1) is 11.6 Å². The third-order valence-corrected chi connectivity index (χ3v) is 5.61. The maximum atomic E-state index is 4.89. The quantitative estimate of drug-likeness (QED) is 0.727. The van der Waals surface area contributed by atoms with Gasteiger partial charge in [-0.05, 0) is 65.8 Å². The fraction of sp³-hybridized carbons (Fsp3) is 0.526. The molecule has 3 aromatic rings. The minimum Gasteiger partial charge on any atom is -0.229 e. The van der Waals surface area contributed by atoms with Gasteiger partial charge in [-0.1, -0.05) is 19.4 Å². The van der Waals surface area contributed by atoms with Crippen LogP contribution in [0.2, 0.25) is 0 Å². The van der Waals surface area contributed by atoms with Gasteiger partial charge in [-0.3, -0.25) is 0 Å². The predicted molar refractivity (Wildman–Crippen MR) is 96.3 cm³/mol. The number of hydrogen-bond acceptors (Lipinski definition) is 5. The standard InChI is InChI=1S/C19H23N7/c1-2-17-20-18(16-8-3-4-11-25-19(16)21-23-24-25)26(22-17)15-10-9-13-6-5-7-14(13)12-15/h9-10,12,16H,2-8,11H2,1H3/t16-/m1/s1. The molecule has 134 valence electrons. The third-order valence-electron chi connectivity index (χ3n) is 5.61. The molecule has 26 heavy (non-hydrogen) atoms. The van der Waals surface area contributed by atoms with Crippen LogP contribution in [0, 0.1) is 0 Å². The Kier molecular flexibility index (Phi) is 3.80. The van der Waals surface area contributed by atoms with Crippen molar-refractivity contribution in [1.82, 2.24) is 35.0 Å². The smallest absolute Gasteiger partial charge is 0.161 e. The first-order valence-corrected chi connectivity index (χ1v) is 9.67. The van der Waals surface area contributed by atoms with Crippen LogP contribution in [0.3, 0.4) is 0 Å². The van der Waals surface area contributed by atoms with Gasteiger partial charge in [-0.2, -0.15) is 5.10 Å². The lowest BCUT2D eigenvalue weighted by Gasteiger charge is -2.14. The van der Waals surface area contributed by atoms with Gasteiger partial charge in [0.1, 0.15) is 5.82 Å². The van der Waals surface area contributed by atoms with Crippen molar-refractivity contribution in [3.05, 3.63) is 46.8 Å². The Balaban J connectivity index is 1.63. The SMILES string of the molecule is CCc1nc([C@H]2CCCCn3nnnc32)n(-c2ccc3c(c2)CCC3)n1. The molecule has 0 unspecified atom stereocenters. The van der Waals surface area contributed by atoms with Crippen LogP contribution in [0.15, 0.2) is 18.2 Å². The van der Waals surface area contributed by atoms with Crippen molar-refractivity contribution in [2.45, 2.75) is 64.3 Å². The summed E-state index contributed by atoms with van der Waals surface area (Å²) in [6.45, 7) is 2.98. The largest absolute Gasteiger partial charge is 0.229 e. The van der Waals surface area contributed by atoms with E-state index in [4.69, 9.17) is 10.1 Å². The van der Waals surface area contributed by atoms with Crippen molar-refractivity contribution in [3.8, 4) is 5.69 Å². The van der Waals surface area contributed by atoms with Crippen molar-refractivity contribution in [3.63, 3.8) is 0 Å². The van der Waals surface area contributed by atoms with Gasteiger partial charge in [0, 0.05) is 13.0 Å². The van der Waals surface area contributed by atoms with Gasteiger partial charge in [-0.15, -0.1) is 5.10 Å². The Bertz CT molecular complexity index is 939. The average Bonchev–Trinajstić information content (AvgIpc) is 3.38. The van der Waals surface area contributed by atoms with Crippen molar-refractivity contribution in [2.75, 3.05) is 0 Å². The lowest BCUT2D eigenvalue weighted by molar-refractivity contribution is 0.556. The van der Waals surface area contributed by atoms with E-state index >= 15 is 0 Å². The molecule has 3 heterocycles. The molecule has 2 aromatic heterocycles. The molecular formula is C19H23N7. The number of hydrogen-bond donors (Lipinski definition) is 0. The molecule has 0 spiro atoms. The predicted octanol–water partition coefficient (Wildman–Crippen LogP) is 2.62. The number of fused-ring (bicyclic) bond motifs is 2. The molecule has 5 rings (SSSR count). The second-order valence-corrected chi connectivity index (χ2v) is 7.27. The Morgan fingerprint density at radius 2 is 2.00 bits per heavy atom. The molecule has 0 radical (unpaired) electrons. The lowest BCUT2D eigenvalue weighted by Crippen LogP contribution is -2.14. The van der Waals surface area contributed by atoms with Crippen molar-refractivity contribution >= 4 is 0 Å². The van der Waals surface area contributed by atoms with Gasteiger partial charge >= 0.3 is 0 Å². The van der Waals surface area contributed by atoms with Crippen molar-refractivity contribution in [1.29, 1.82) is 0 Å². The van der Waals surface area contributed by atoms with Gasteiger partial charge in [0.2, 0.25) is 0 Å². The minimum absolute atomic E-state index is 0.0913. The van der Waals surface area contributed by atoms with Crippen LogP contribution >= 0.6 is 0 Å². The summed E-state index contributed by atoms with van der Waals surface area (Å²) in [5.74, 6) is 2.86. The highest BCUT2D eigenvalue weighted by atomic mass is 15.5. The van der Waals surface area contributed by atoms with Gasteiger partial charge in [0.15, 0.2) is 11.6 Å². The molecule has 1 atom stereocenters. The molecule has 0 saturated heterocycles. The highest BCUT2D eigenvalue weighted by molar-refractivity contribution is 5.43. The summed E-state index contributed by atoms with van der Waals surface area (Å²) in [4.78, 5) is 4.89. The van der Waals surface area contributed by atoms with Crippen molar-refractivity contribution in [2.24, 2.45) is 0 Å². The lowest BCUT2D eigenvalue weighted by atomic mass is 10.0. The summed E-state index contributed by atoms with van der Waals surface area (Å²) in [7, 11) is 0. The Labute approximate surface area is 152 Å². The maximum absolute atomic E-state index is 4.89. The maximum Gasteiger partial charge on any atom is 0.161 e. The van der Waals surface area contributed by atoms with E-state index in [2.05, 4.69) is 40.6 Å². The second-order valence-electron chi connectivity index (χ2n) is 7.27. The first kappa shape index (κ1) is 15.7. The Hall–Kier alpha value is -2.57. The average molecular weight is 349 g/mol. The fourth-order valence-corrected chi connectivity index (χ4v) is 4.23. The van der Waals surface area contributed by atoms with Crippen LogP contribution in [0.4, 0.5) is 0 Å². The molecule has 0 saturated carbocycles. The molecule has 7 heteroatoms. The second kappa shape index (κ2) is 6.30. The third kappa shape index (κ3) is 2.53. The number of nitrogens with zero attached hydrogens (tertiary/aromatic N) is 7. The van der Waals surface area contributed by atoms with Crippen molar-refractivity contribution < 1.29 is 0 Å². The highest BCUT2D eigenvalue weighted by Crippen LogP contribution is 2.32. The molecule has 1 aromatic carbocycles. The zero-order chi connectivity index (χ0) is 17.5. The molecule has 0 bridgehead atoms. The van der Waals surface area contributed by atoms with Crippen LogP contribution in [0.25, 0.3) is 5.69 Å². The first-order valence-electron chi connectivity index (χ1n) is 9.67. The van der Waals surface area contributed by atoms with Crippen LogP contribution in [0.1, 0.15) is 67.1 Å². The zero-order valence-corrected chi connectivity index (χ0v) is 15.1. The zero-order valence-electron chi connectivity index (χ0n) is 15.1. The molecule has 7 nitrogen and oxygen atoms in total. The summed E-state index contributed by atoms with van der Waals surface area (Å²) in [6, 6.07) is 6.73. The summed E-state index contributed by atoms with van der Waals surface area (Å²) < 4.78 is 3.97. The fourth-order valence-electron chi connectivity index (χ4n) is 4.23. The van der Waals surface area contributed by atoms with Crippen LogP contribution in [-0.4, -0.2) is 35.0 Å². The summed E-state index contributed by atoms with van der Waals surface area (Å²) in [5, 5.41) is 17.2. The van der Waals surface area contributed by atoms with Crippen LogP contribution in [-0.2, 0) is 25.8 Å². The molecule has 1 aliphatic heterocycles. The van der Waals surface area contributed by atoms with Crippen LogP contribution in [0.5, 0.6) is 0 Å². The van der Waals surface area contributed by atoms with E-state index in [0.717, 1.165) is 61.8 Å². The summed E-state index contributed by atoms with van der Waals surface area (Å²) in [5.41, 5.74) is 4.04. The molecule has 0 fully saturated rings. The summed E-state index contributed by atoms with van der Waals surface area (Å²) in [6.07, 6.45) is 7.67. The molecule has 1 aliphatic carbocycles. The van der Waals surface area contributed by atoms with Gasteiger partial charge in [0.25, 0.3) is 0 Å². The number of aryl methyl sites for hydroxylation is 4. The number of tetrazole rings is 1. The van der Waals surface area contributed by atoms with Crippen LogP contribution < -0.4 is 0 Å². The van der Waals surface area contributed by atoms with Gasteiger partial charge in [-0.25, -0.2) is 14.3 Å². The van der Waals surface area contributed by atoms with E-state index in [1.54, 1.807) is 0 Å². The Morgan fingerprint density at radius 1 is 1.08 bits per heavy atom. The van der Waals surface area contributed by atoms with E-state index < -0.39 is 0 Å². The van der Waals surface area contributed by atoms with E-state index in [9.17, 15) is 0 Å². The van der Waals surface area contributed by atoms with E-state index in [0.29, 0.717) is 0 Å². The molecule has 0 N–H and O–H groups in total. The molecular weight excluding hydrogens is 326 g/mol.